The average molecular weight is 370 g/mol. The van der Waals surface area contributed by atoms with Crippen molar-refractivity contribution >= 4 is 5.95 Å². The van der Waals surface area contributed by atoms with E-state index < -0.39 is 0 Å². The first-order valence-corrected chi connectivity index (χ1v) is 10.4. The zero-order valence-corrected chi connectivity index (χ0v) is 16.3. The van der Waals surface area contributed by atoms with E-state index in [9.17, 15) is 5.11 Å². The predicted octanol–water partition coefficient (Wildman–Crippen LogP) is 3.25. The molecule has 1 aromatic carbocycles. The molecule has 146 valence electrons. The summed E-state index contributed by atoms with van der Waals surface area (Å²) >= 11 is 0. The standard InChI is InChI=1S/C21H31N5O/c1-25-21(26-11-5-2-6-12-26)23-20(24-25)17-13-16(14-19(27)15-17)8-9-18-7-3-4-10-22-18/h13-15,18,22,27H,2-12H2,1H3/t18-/m1/s1. The van der Waals surface area contributed by atoms with Crippen molar-refractivity contribution < 1.29 is 5.11 Å². The van der Waals surface area contributed by atoms with Crippen LogP contribution in [-0.2, 0) is 13.5 Å². The van der Waals surface area contributed by atoms with Crippen molar-refractivity contribution in [2.45, 2.75) is 57.4 Å². The zero-order chi connectivity index (χ0) is 18.6. The summed E-state index contributed by atoms with van der Waals surface area (Å²) in [7, 11) is 1.96. The molecule has 2 aromatic rings. The van der Waals surface area contributed by atoms with E-state index in [0.29, 0.717) is 17.6 Å². The Kier molecular flexibility index (Phi) is 5.62. The highest BCUT2D eigenvalue weighted by Crippen LogP contribution is 2.27. The number of hydrogen-bond acceptors (Lipinski definition) is 5. The minimum absolute atomic E-state index is 0.297. The van der Waals surface area contributed by atoms with Crippen LogP contribution >= 0.6 is 0 Å². The normalized spacial score (nSPS) is 20.8. The zero-order valence-electron chi connectivity index (χ0n) is 16.3. The van der Waals surface area contributed by atoms with E-state index >= 15 is 0 Å². The largest absolute Gasteiger partial charge is 0.508 e. The molecule has 2 N–H and O–H groups in total. The number of phenolic OH excluding ortho intramolecular Hbond substituents is 1. The highest BCUT2D eigenvalue weighted by Gasteiger charge is 2.19. The molecule has 0 unspecified atom stereocenters. The lowest BCUT2D eigenvalue weighted by molar-refractivity contribution is 0.382. The lowest BCUT2D eigenvalue weighted by Crippen LogP contribution is -2.34. The second kappa shape index (κ2) is 8.30. The molecule has 1 aromatic heterocycles. The van der Waals surface area contributed by atoms with Crippen molar-refractivity contribution in [3.8, 4) is 17.1 Å². The summed E-state index contributed by atoms with van der Waals surface area (Å²) in [4.78, 5) is 7.11. The molecule has 27 heavy (non-hydrogen) atoms. The summed E-state index contributed by atoms with van der Waals surface area (Å²) in [5, 5.41) is 18.5. The third kappa shape index (κ3) is 4.43. The van der Waals surface area contributed by atoms with Crippen molar-refractivity contribution in [2.75, 3.05) is 24.5 Å². The maximum absolute atomic E-state index is 10.2. The van der Waals surface area contributed by atoms with E-state index in [1.807, 2.05) is 17.8 Å². The molecule has 2 saturated heterocycles. The van der Waals surface area contributed by atoms with Gasteiger partial charge in [0, 0.05) is 31.7 Å². The van der Waals surface area contributed by atoms with Crippen LogP contribution in [-0.4, -0.2) is 45.5 Å². The summed E-state index contributed by atoms with van der Waals surface area (Å²) in [6.45, 7) is 3.23. The molecule has 2 fully saturated rings. The Balaban J connectivity index is 1.50. The van der Waals surface area contributed by atoms with Gasteiger partial charge in [-0.25, -0.2) is 4.68 Å². The number of aryl methyl sites for hydroxylation is 2. The second-order valence-electron chi connectivity index (χ2n) is 7.98. The summed E-state index contributed by atoms with van der Waals surface area (Å²) in [5.74, 6) is 1.93. The second-order valence-corrected chi connectivity index (χ2v) is 7.98. The van der Waals surface area contributed by atoms with Crippen LogP contribution in [0.1, 0.15) is 50.5 Å². The number of anilines is 1. The van der Waals surface area contributed by atoms with Gasteiger partial charge in [0.1, 0.15) is 5.75 Å². The van der Waals surface area contributed by atoms with E-state index in [4.69, 9.17) is 4.98 Å². The smallest absolute Gasteiger partial charge is 0.224 e. The van der Waals surface area contributed by atoms with E-state index in [2.05, 4.69) is 21.4 Å². The number of benzene rings is 1. The lowest BCUT2D eigenvalue weighted by Gasteiger charge is -2.26. The van der Waals surface area contributed by atoms with Gasteiger partial charge < -0.3 is 15.3 Å². The van der Waals surface area contributed by atoms with E-state index in [0.717, 1.165) is 49.6 Å². The molecule has 0 radical (unpaired) electrons. The molecule has 0 amide bonds. The fraction of sp³-hybridized carbons (Fsp3) is 0.619. The van der Waals surface area contributed by atoms with Crippen LogP contribution < -0.4 is 10.2 Å². The Hall–Kier alpha value is -2.08. The van der Waals surface area contributed by atoms with Crippen LogP contribution in [0.25, 0.3) is 11.4 Å². The Bertz CT molecular complexity index is 760. The van der Waals surface area contributed by atoms with Gasteiger partial charge >= 0.3 is 0 Å². The van der Waals surface area contributed by atoms with Crippen molar-refractivity contribution in [1.29, 1.82) is 0 Å². The molecular weight excluding hydrogens is 338 g/mol. The van der Waals surface area contributed by atoms with Gasteiger partial charge in [0.05, 0.1) is 0 Å². The van der Waals surface area contributed by atoms with Gasteiger partial charge in [-0.15, -0.1) is 5.10 Å². The number of aromatic nitrogens is 3. The van der Waals surface area contributed by atoms with Gasteiger partial charge in [0.15, 0.2) is 5.82 Å². The molecular formula is C21H31N5O. The van der Waals surface area contributed by atoms with Gasteiger partial charge in [-0.3, -0.25) is 0 Å². The minimum Gasteiger partial charge on any atom is -0.508 e. The fourth-order valence-electron chi connectivity index (χ4n) is 4.33. The number of piperidine rings is 2. The summed E-state index contributed by atoms with van der Waals surface area (Å²) < 4.78 is 1.87. The number of nitrogens with zero attached hydrogens (tertiary/aromatic N) is 4. The minimum atomic E-state index is 0.297. The number of phenols is 1. The summed E-state index contributed by atoms with van der Waals surface area (Å²) in [5.41, 5.74) is 2.06. The van der Waals surface area contributed by atoms with Crippen LogP contribution in [0.15, 0.2) is 18.2 Å². The first kappa shape index (κ1) is 18.3. The van der Waals surface area contributed by atoms with Gasteiger partial charge in [-0.05, 0) is 75.3 Å². The van der Waals surface area contributed by atoms with E-state index in [1.165, 1.54) is 38.5 Å². The summed E-state index contributed by atoms with van der Waals surface area (Å²) in [6.07, 6.45) is 9.67. The molecule has 4 rings (SSSR count). The van der Waals surface area contributed by atoms with Crippen molar-refractivity contribution in [1.82, 2.24) is 20.1 Å². The van der Waals surface area contributed by atoms with Gasteiger partial charge in [-0.2, -0.15) is 4.98 Å². The number of rotatable bonds is 5. The number of hydrogen-bond donors (Lipinski definition) is 2. The Labute approximate surface area is 161 Å². The summed E-state index contributed by atoms with van der Waals surface area (Å²) in [6, 6.07) is 6.39. The van der Waals surface area contributed by atoms with E-state index in [1.54, 1.807) is 6.07 Å². The third-order valence-corrected chi connectivity index (χ3v) is 5.81. The highest BCUT2D eigenvalue weighted by atomic mass is 16.3. The molecule has 0 spiro atoms. The number of nitrogens with one attached hydrogen (secondary N) is 1. The molecule has 6 heteroatoms. The first-order valence-electron chi connectivity index (χ1n) is 10.4. The van der Waals surface area contributed by atoms with Gasteiger partial charge in [0.25, 0.3) is 0 Å². The molecule has 2 aliphatic rings. The molecule has 0 saturated carbocycles. The monoisotopic (exact) mass is 369 g/mol. The Morgan fingerprint density at radius 3 is 2.74 bits per heavy atom. The van der Waals surface area contributed by atoms with Crippen LogP contribution in [0.4, 0.5) is 5.95 Å². The predicted molar refractivity (Wildman–Crippen MR) is 108 cm³/mol. The van der Waals surface area contributed by atoms with Gasteiger partial charge in [-0.1, -0.05) is 6.42 Å². The Morgan fingerprint density at radius 1 is 1.11 bits per heavy atom. The third-order valence-electron chi connectivity index (χ3n) is 5.81. The highest BCUT2D eigenvalue weighted by molar-refractivity contribution is 5.60. The molecule has 6 nitrogen and oxygen atoms in total. The van der Waals surface area contributed by atoms with Crippen molar-refractivity contribution in [3.63, 3.8) is 0 Å². The van der Waals surface area contributed by atoms with Crippen LogP contribution in [0.2, 0.25) is 0 Å². The van der Waals surface area contributed by atoms with Crippen LogP contribution in [0, 0.1) is 0 Å². The molecule has 2 aliphatic heterocycles. The van der Waals surface area contributed by atoms with Crippen LogP contribution in [0.5, 0.6) is 5.75 Å². The molecule has 0 aliphatic carbocycles. The van der Waals surface area contributed by atoms with Crippen LogP contribution in [0.3, 0.4) is 0 Å². The Morgan fingerprint density at radius 2 is 1.96 bits per heavy atom. The lowest BCUT2D eigenvalue weighted by atomic mass is 9.97. The average Bonchev–Trinajstić information content (AvgIpc) is 3.09. The molecule has 0 bridgehead atoms. The fourth-order valence-corrected chi connectivity index (χ4v) is 4.33. The van der Waals surface area contributed by atoms with E-state index in [-0.39, 0.29) is 0 Å². The molecule has 1 atom stereocenters. The maximum Gasteiger partial charge on any atom is 0.224 e. The first-order chi connectivity index (χ1) is 13.2. The van der Waals surface area contributed by atoms with Gasteiger partial charge in [0.2, 0.25) is 5.95 Å². The van der Waals surface area contributed by atoms with Crippen molar-refractivity contribution in [3.05, 3.63) is 23.8 Å². The molecule has 3 heterocycles. The van der Waals surface area contributed by atoms with Crippen molar-refractivity contribution in [2.24, 2.45) is 7.05 Å². The topological polar surface area (TPSA) is 66.2 Å². The SMILES string of the molecule is Cn1nc(-c2cc(O)cc(CC[C@H]3CCCCN3)c2)nc1N1CCCCC1. The number of aromatic hydroxyl groups is 1. The maximum atomic E-state index is 10.2. The quantitative estimate of drug-likeness (QED) is 0.847.